The molecular weight excluding hydrogens is 290 g/mol. The van der Waals surface area contributed by atoms with Crippen LogP contribution >= 0.6 is 11.3 Å². The molecule has 0 aromatic carbocycles. The molecule has 0 saturated carbocycles. The van der Waals surface area contributed by atoms with Crippen LogP contribution in [0.5, 0.6) is 0 Å². The summed E-state index contributed by atoms with van der Waals surface area (Å²) in [6.07, 6.45) is 0. The summed E-state index contributed by atoms with van der Waals surface area (Å²) in [5, 5.41) is 9.40. The molecule has 2 N–H and O–H groups in total. The Morgan fingerprint density at radius 2 is 2.00 bits per heavy atom. The number of aromatic nitrogens is 1. The summed E-state index contributed by atoms with van der Waals surface area (Å²) in [4.78, 5) is 24.5. The lowest BCUT2D eigenvalue weighted by atomic mass is 10.2. The summed E-state index contributed by atoms with van der Waals surface area (Å²) in [5.41, 5.74) is 1.68. The van der Waals surface area contributed by atoms with Crippen LogP contribution in [-0.2, 0) is 17.9 Å². The number of thiophene rings is 1. The van der Waals surface area contributed by atoms with Crippen molar-refractivity contribution in [2.24, 2.45) is 0 Å². The molecule has 0 aliphatic carbocycles. The molecule has 112 valence electrons. The molecule has 0 atom stereocenters. The van der Waals surface area contributed by atoms with E-state index in [1.54, 1.807) is 6.07 Å². The van der Waals surface area contributed by atoms with Gasteiger partial charge < -0.3 is 15.2 Å². The van der Waals surface area contributed by atoms with E-state index in [-0.39, 0.29) is 11.8 Å². The lowest BCUT2D eigenvalue weighted by Gasteiger charge is -2.03. The standard InChI is InChI=1S/C14H17N3O3S/c1-8-12(9(2)20-17-8)7-16-14(19)13-5-4-11(21-13)6-15-10(3)18/h4-5H,6-7H2,1-3H3,(H,15,18)(H,16,19). The van der Waals surface area contributed by atoms with Gasteiger partial charge in [-0.3, -0.25) is 9.59 Å². The van der Waals surface area contributed by atoms with Crippen LogP contribution in [0.1, 0.15) is 38.5 Å². The van der Waals surface area contributed by atoms with Gasteiger partial charge in [0.2, 0.25) is 5.91 Å². The van der Waals surface area contributed by atoms with Crippen molar-refractivity contribution in [3.63, 3.8) is 0 Å². The minimum Gasteiger partial charge on any atom is -0.361 e. The molecule has 0 radical (unpaired) electrons. The molecule has 6 nitrogen and oxygen atoms in total. The molecule has 2 rings (SSSR count). The van der Waals surface area contributed by atoms with E-state index in [0.717, 1.165) is 16.1 Å². The molecule has 0 spiro atoms. The second-order valence-electron chi connectivity index (χ2n) is 4.66. The molecule has 2 aromatic rings. The number of nitrogens with zero attached hydrogens (tertiary/aromatic N) is 1. The van der Waals surface area contributed by atoms with E-state index >= 15 is 0 Å². The molecule has 21 heavy (non-hydrogen) atoms. The third kappa shape index (κ3) is 3.91. The Kier molecular flexibility index (Phi) is 4.74. The van der Waals surface area contributed by atoms with E-state index in [0.29, 0.717) is 23.7 Å². The molecule has 0 aliphatic heterocycles. The first kappa shape index (κ1) is 15.2. The van der Waals surface area contributed by atoms with Crippen LogP contribution in [0.2, 0.25) is 0 Å². The number of nitrogens with one attached hydrogen (secondary N) is 2. The Labute approximate surface area is 126 Å². The highest BCUT2D eigenvalue weighted by atomic mass is 32.1. The highest BCUT2D eigenvalue weighted by molar-refractivity contribution is 7.14. The number of aryl methyl sites for hydroxylation is 2. The van der Waals surface area contributed by atoms with Gasteiger partial charge in [-0.05, 0) is 26.0 Å². The maximum atomic E-state index is 12.1. The van der Waals surface area contributed by atoms with Crippen LogP contribution in [0.25, 0.3) is 0 Å². The normalized spacial score (nSPS) is 10.4. The fourth-order valence-corrected chi connectivity index (χ4v) is 2.68. The average Bonchev–Trinajstić information content (AvgIpc) is 3.02. The van der Waals surface area contributed by atoms with Crippen molar-refractivity contribution in [3.8, 4) is 0 Å². The summed E-state index contributed by atoms with van der Waals surface area (Å²) in [5.74, 6) is 0.479. The Hall–Kier alpha value is -2.15. The minimum absolute atomic E-state index is 0.0900. The molecular formula is C14H17N3O3S. The van der Waals surface area contributed by atoms with Crippen LogP contribution in [0, 0.1) is 13.8 Å². The molecule has 0 fully saturated rings. The number of hydrogen-bond donors (Lipinski definition) is 2. The van der Waals surface area contributed by atoms with E-state index in [4.69, 9.17) is 4.52 Å². The molecule has 2 amide bonds. The van der Waals surface area contributed by atoms with Gasteiger partial charge in [0.15, 0.2) is 0 Å². The molecule has 0 bridgehead atoms. The Morgan fingerprint density at radius 3 is 2.62 bits per heavy atom. The zero-order valence-corrected chi connectivity index (χ0v) is 13.0. The minimum atomic E-state index is -0.144. The van der Waals surface area contributed by atoms with Gasteiger partial charge in [-0.1, -0.05) is 5.16 Å². The second-order valence-corrected chi connectivity index (χ2v) is 5.83. The van der Waals surface area contributed by atoms with Gasteiger partial charge in [-0.2, -0.15) is 0 Å². The maximum absolute atomic E-state index is 12.1. The van der Waals surface area contributed by atoms with Gasteiger partial charge in [0.1, 0.15) is 5.76 Å². The SMILES string of the molecule is CC(=O)NCc1ccc(C(=O)NCc2c(C)noc2C)s1. The quantitative estimate of drug-likeness (QED) is 0.884. The van der Waals surface area contributed by atoms with E-state index in [1.165, 1.54) is 18.3 Å². The Morgan fingerprint density at radius 1 is 1.24 bits per heavy atom. The summed E-state index contributed by atoms with van der Waals surface area (Å²) in [6.45, 7) is 5.95. The molecule has 0 saturated heterocycles. The largest absolute Gasteiger partial charge is 0.361 e. The fourth-order valence-electron chi connectivity index (χ4n) is 1.82. The number of carbonyl (C=O) groups excluding carboxylic acids is 2. The monoisotopic (exact) mass is 307 g/mol. The first-order valence-electron chi connectivity index (χ1n) is 6.50. The topological polar surface area (TPSA) is 84.2 Å². The average molecular weight is 307 g/mol. The Bertz CT molecular complexity index is 641. The van der Waals surface area contributed by atoms with Crippen LogP contribution in [0.3, 0.4) is 0 Å². The van der Waals surface area contributed by atoms with Crippen molar-refractivity contribution < 1.29 is 14.1 Å². The second kappa shape index (κ2) is 6.53. The van der Waals surface area contributed by atoms with Gasteiger partial charge in [-0.25, -0.2) is 0 Å². The number of rotatable bonds is 5. The maximum Gasteiger partial charge on any atom is 0.261 e. The van der Waals surface area contributed by atoms with E-state index in [9.17, 15) is 9.59 Å². The van der Waals surface area contributed by atoms with Gasteiger partial charge in [-0.15, -0.1) is 11.3 Å². The fraction of sp³-hybridized carbons (Fsp3) is 0.357. The molecule has 7 heteroatoms. The summed E-state index contributed by atoms with van der Waals surface area (Å²) in [6, 6.07) is 3.59. The predicted octanol–water partition coefficient (Wildman–Crippen LogP) is 1.92. The number of amides is 2. The third-order valence-electron chi connectivity index (χ3n) is 3.00. The van der Waals surface area contributed by atoms with Crippen molar-refractivity contribution in [1.29, 1.82) is 0 Å². The van der Waals surface area contributed by atoms with Gasteiger partial charge in [0, 0.05) is 23.9 Å². The van der Waals surface area contributed by atoms with E-state index in [1.807, 2.05) is 19.9 Å². The van der Waals surface area contributed by atoms with Crippen LogP contribution in [-0.4, -0.2) is 17.0 Å². The molecule has 0 aliphatic rings. The zero-order chi connectivity index (χ0) is 15.4. The molecule has 2 aromatic heterocycles. The highest BCUT2D eigenvalue weighted by Crippen LogP contribution is 2.17. The predicted molar refractivity (Wildman–Crippen MR) is 79.0 cm³/mol. The number of carbonyl (C=O) groups is 2. The lowest BCUT2D eigenvalue weighted by Crippen LogP contribution is -2.22. The van der Waals surface area contributed by atoms with Crippen molar-refractivity contribution in [2.45, 2.75) is 33.9 Å². The first-order valence-corrected chi connectivity index (χ1v) is 7.32. The van der Waals surface area contributed by atoms with Crippen LogP contribution in [0.15, 0.2) is 16.7 Å². The third-order valence-corrected chi connectivity index (χ3v) is 4.09. The highest BCUT2D eigenvalue weighted by Gasteiger charge is 2.13. The van der Waals surface area contributed by atoms with Crippen molar-refractivity contribution in [3.05, 3.63) is 38.9 Å². The summed E-state index contributed by atoms with van der Waals surface area (Å²) in [7, 11) is 0. The summed E-state index contributed by atoms with van der Waals surface area (Å²) < 4.78 is 5.05. The zero-order valence-electron chi connectivity index (χ0n) is 12.1. The van der Waals surface area contributed by atoms with Crippen LogP contribution < -0.4 is 10.6 Å². The molecule has 2 heterocycles. The van der Waals surface area contributed by atoms with Crippen molar-refractivity contribution >= 4 is 23.2 Å². The van der Waals surface area contributed by atoms with E-state index < -0.39 is 0 Å². The van der Waals surface area contributed by atoms with E-state index in [2.05, 4.69) is 15.8 Å². The Balaban J connectivity index is 1.93. The number of hydrogen-bond acceptors (Lipinski definition) is 5. The summed E-state index contributed by atoms with van der Waals surface area (Å²) >= 11 is 1.36. The molecule has 0 unspecified atom stereocenters. The van der Waals surface area contributed by atoms with Crippen molar-refractivity contribution in [2.75, 3.05) is 0 Å². The lowest BCUT2D eigenvalue weighted by molar-refractivity contribution is -0.119. The smallest absolute Gasteiger partial charge is 0.261 e. The van der Waals surface area contributed by atoms with Gasteiger partial charge in [0.05, 0.1) is 17.1 Å². The van der Waals surface area contributed by atoms with Crippen LogP contribution in [0.4, 0.5) is 0 Å². The van der Waals surface area contributed by atoms with Gasteiger partial charge >= 0.3 is 0 Å². The van der Waals surface area contributed by atoms with Gasteiger partial charge in [0.25, 0.3) is 5.91 Å². The van der Waals surface area contributed by atoms with Crippen molar-refractivity contribution in [1.82, 2.24) is 15.8 Å². The first-order chi connectivity index (χ1) is 9.97.